The van der Waals surface area contributed by atoms with Crippen LogP contribution in [-0.2, 0) is 14.3 Å². The van der Waals surface area contributed by atoms with Gasteiger partial charge in [-0.2, -0.15) is 0 Å². The Hall–Kier alpha value is -0.800. The highest BCUT2D eigenvalue weighted by Crippen LogP contribution is 2.37. The molecule has 1 fully saturated rings. The molecule has 1 aliphatic heterocycles. The van der Waals surface area contributed by atoms with Gasteiger partial charge in [0.05, 0.1) is 37.5 Å². The van der Waals surface area contributed by atoms with Gasteiger partial charge >= 0.3 is 0 Å². The second-order valence-electron chi connectivity index (χ2n) is 5.96. The lowest BCUT2D eigenvalue weighted by atomic mass is 10.1. The van der Waals surface area contributed by atoms with Crippen LogP contribution in [0, 0.1) is 0 Å². The van der Waals surface area contributed by atoms with E-state index in [4.69, 9.17) is 14.2 Å². The normalized spacial score (nSPS) is 15.8. The number of ether oxygens (including phenoxy) is 3. The zero-order chi connectivity index (χ0) is 18.8. The van der Waals surface area contributed by atoms with Gasteiger partial charge in [0.1, 0.15) is 5.75 Å². The molecule has 0 atom stereocenters. The van der Waals surface area contributed by atoms with Crippen LogP contribution < -0.4 is 10.1 Å². The topological polar surface area (TPSA) is 60.0 Å². The highest BCUT2D eigenvalue weighted by molar-refractivity contribution is 9.10. The summed E-state index contributed by atoms with van der Waals surface area (Å²) in [4.78, 5) is 11.9. The molecule has 8 heteroatoms. The average Bonchev–Trinajstić information content (AvgIpc) is 2.63. The fourth-order valence-corrected chi connectivity index (χ4v) is 4.26. The van der Waals surface area contributed by atoms with Crippen LogP contribution in [0.5, 0.6) is 5.75 Å². The first-order valence-corrected chi connectivity index (χ1v) is 10.4. The van der Waals surface area contributed by atoms with Gasteiger partial charge < -0.3 is 19.5 Å². The maximum Gasteiger partial charge on any atom is 0.216 e. The summed E-state index contributed by atoms with van der Waals surface area (Å²) in [6.07, 6.45) is 2.32. The van der Waals surface area contributed by atoms with E-state index in [1.165, 1.54) is 6.92 Å². The molecule has 146 valence electrons. The molecule has 0 saturated carbocycles. The quantitative estimate of drug-likeness (QED) is 0.440. The van der Waals surface area contributed by atoms with E-state index in [2.05, 4.69) is 31.6 Å². The molecular weight excluding hydrogens is 420 g/mol. The molecule has 6 nitrogen and oxygen atoms in total. The third-order valence-corrected chi connectivity index (χ3v) is 6.22. The molecule has 0 spiro atoms. The lowest BCUT2D eigenvalue weighted by Crippen LogP contribution is -2.33. The van der Waals surface area contributed by atoms with Crippen molar-refractivity contribution in [2.75, 3.05) is 46.6 Å². The van der Waals surface area contributed by atoms with Gasteiger partial charge in [-0.1, -0.05) is 6.07 Å². The minimum Gasteiger partial charge on any atom is -0.496 e. The van der Waals surface area contributed by atoms with Crippen LogP contribution in [0.15, 0.2) is 27.6 Å². The summed E-state index contributed by atoms with van der Waals surface area (Å²) in [7, 11) is 1.68. The number of halogens is 1. The number of hydrogen-bond acceptors (Lipinski definition) is 6. The SMILES string of the molecule is COc1cccc(SN2CCC(OCCOCCNC(C)=O)CC2)c1Br. The van der Waals surface area contributed by atoms with E-state index in [9.17, 15) is 4.79 Å². The third kappa shape index (κ3) is 7.44. The Balaban J connectivity index is 1.60. The lowest BCUT2D eigenvalue weighted by Gasteiger charge is -2.31. The predicted octanol–water partition coefficient (Wildman–Crippen LogP) is 3.10. The monoisotopic (exact) mass is 446 g/mol. The van der Waals surface area contributed by atoms with Crippen molar-refractivity contribution in [2.24, 2.45) is 0 Å². The number of nitrogens with one attached hydrogen (secondary N) is 1. The van der Waals surface area contributed by atoms with E-state index < -0.39 is 0 Å². The maximum atomic E-state index is 10.7. The van der Waals surface area contributed by atoms with Crippen LogP contribution in [0.25, 0.3) is 0 Å². The standard InChI is InChI=1S/C18H27BrN2O4S/c1-14(22)20-8-11-24-12-13-25-15-6-9-21(10-7-15)26-17-5-3-4-16(23-2)18(17)19/h3-5,15H,6-13H2,1-2H3,(H,20,22). The van der Waals surface area contributed by atoms with Crippen LogP contribution in [0.3, 0.4) is 0 Å². The molecule has 0 aromatic heterocycles. The number of carbonyl (C=O) groups is 1. The molecule has 2 rings (SSSR count). The third-order valence-electron chi connectivity index (χ3n) is 3.98. The minimum absolute atomic E-state index is 0.0320. The van der Waals surface area contributed by atoms with E-state index in [1.54, 1.807) is 19.1 Å². The van der Waals surface area contributed by atoms with Crippen molar-refractivity contribution < 1.29 is 19.0 Å². The van der Waals surface area contributed by atoms with Crippen molar-refractivity contribution in [3.63, 3.8) is 0 Å². The zero-order valence-electron chi connectivity index (χ0n) is 15.3. The summed E-state index contributed by atoms with van der Waals surface area (Å²) >= 11 is 5.37. The summed E-state index contributed by atoms with van der Waals surface area (Å²) in [5.41, 5.74) is 0. The van der Waals surface area contributed by atoms with Crippen molar-refractivity contribution >= 4 is 33.8 Å². The fraction of sp³-hybridized carbons (Fsp3) is 0.611. The van der Waals surface area contributed by atoms with Gasteiger partial charge in [0.15, 0.2) is 0 Å². The van der Waals surface area contributed by atoms with E-state index >= 15 is 0 Å². The number of hydrogen-bond donors (Lipinski definition) is 1. The molecule has 1 aromatic carbocycles. The molecule has 1 saturated heterocycles. The Morgan fingerprint density at radius 1 is 1.31 bits per heavy atom. The van der Waals surface area contributed by atoms with Gasteiger partial charge in [-0.25, -0.2) is 4.31 Å². The molecule has 1 aromatic rings. The van der Waals surface area contributed by atoms with Crippen molar-refractivity contribution in [3.05, 3.63) is 22.7 Å². The number of amides is 1. The van der Waals surface area contributed by atoms with Crippen LogP contribution in [-0.4, -0.2) is 62.9 Å². The van der Waals surface area contributed by atoms with Crippen molar-refractivity contribution in [1.29, 1.82) is 0 Å². The van der Waals surface area contributed by atoms with E-state index in [-0.39, 0.29) is 5.91 Å². The summed E-state index contributed by atoms with van der Waals surface area (Å²) in [5, 5.41) is 2.70. The maximum absolute atomic E-state index is 10.7. The molecule has 1 amide bonds. The molecule has 26 heavy (non-hydrogen) atoms. The number of rotatable bonds is 10. The number of piperidine rings is 1. The second kappa shape index (κ2) is 11.8. The fourth-order valence-electron chi connectivity index (χ4n) is 2.62. The Morgan fingerprint density at radius 2 is 2.08 bits per heavy atom. The largest absolute Gasteiger partial charge is 0.496 e. The van der Waals surface area contributed by atoms with Crippen LogP contribution in [0.4, 0.5) is 0 Å². The van der Waals surface area contributed by atoms with Crippen molar-refractivity contribution in [3.8, 4) is 5.75 Å². The van der Waals surface area contributed by atoms with Crippen molar-refractivity contribution in [1.82, 2.24) is 9.62 Å². The van der Waals surface area contributed by atoms with Gasteiger partial charge in [-0.15, -0.1) is 0 Å². The average molecular weight is 447 g/mol. The molecule has 1 N–H and O–H groups in total. The van der Waals surface area contributed by atoms with E-state index in [0.717, 1.165) is 41.0 Å². The first kappa shape index (κ1) is 21.5. The van der Waals surface area contributed by atoms with Gasteiger partial charge in [-0.3, -0.25) is 4.79 Å². The highest BCUT2D eigenvalue weighted by Gasteiger charge is 2.21. The zero-order valence-corrected chi connectivity index (χ0v) is 17.7. The molecule has 0 radical (unpaired) electrons. The molecule has 0 bridgehead atoms. The first-order valence-electron chi connectivity index (χ1n) is 8.79. The summed E-state index contributed by atoms with van der Waals surface area (Å²) in [5.74, 6) is 0.821. The highest BCUT2D eigenvalue weighted by atomic mass is 79.9. The number of benzene rings is 1. The van der Waals surface area contributed by atoms with Crippen LogP contribution in [0.2, 0.25) is 0 Å². The molecular formula is C18H27BrN2O4S. The lowest BCUT2D eigenvalue weighted by molar-refractivity contribution is -0.119. The Kier molecular flexibility index (Phi) is 9.77. The summed E-state index contributed by atoms with van der Waals surface area (Å²) in [6.45, 7) is 5.70. The second-order valence-corrected chi connectivity index (χ2v) is 7.89. The van der Waals surface area contributed by atoms with Gasteiger partial charge in [0, 0.05) is 31.5 Å². The molecule has 1 aliphatic rings. The number of carbonyl (C=O) groups excluding carboxylic acids is 1. The van der Waals surface area contributed by atoms with Gasteiger partial charge in [0.2, 0.25) is 5.91 Å². The summed E-state index contributed by atoms with van der Waals surface area (Å²) < 4.78 is 20.0. The van der Waals surface area contributed by atoms with Gasteiger partial charge in [-0.05, 0) is 52.9 Å². The Morgan fingerprint density at radius 3 is 2.77 bits per heavy atom. The first-order chi connectivity index (χ1) is 12.6. The number of nitrogens with zero attached hydrogens (tertiary/aromatic N) is 1. The Bertz CT molecular complexity index is 568. The van der Waals surface area contributed by atoms with Gasteiger partial charge in [0.25, 0.3) is 0 Å². The molecule has 0 aliphatic carbocycles. The minimum atomic E-state index is -0.0320. The van der Waals surface area contributed by atoms with Crippen molar-refractivity contribution in [2.45, 2.75) is 30.8 Å². The van der Waals surface area contributed by atoms with E-state index in [1.807, 2.05) is 12.1 Å². The van der Waals surface area contributed by atoms with Crippen LogP contribution >= 0.6 is 27.9 Å². The number of methoxy groups -OCH3 is 1. The predicted molar refractivity (Wildman–Crippen MR) is 107 cm³/mol. The molecule has 1 heterocycles. The summed E-state index contributed by atoms with van der Waals surface area (Å²) in [6, 6.07) is 6.05. The van der Waals surface area contributed by atoms with Crippen LogP contribution in [0.1, 0.15) is 19.8 Å². The smallest absolute Gasteiger partial charge is 0.216 e. The Labute approximate surface area is 168 Å². The molecule has 0 unspecified atom stereocenters. The van der Waals surface area contributed by atoms with E-state index in [0.29, 0.717) is 32.5 Å².